The lowest BCUT2D eigenvalue weighted by atomic mass is 10.2. The van der Waals surface area contributed by atoms with Gasteiger partial charge in [-0.05, 0) is 30.0 Å². The van der Waals surface area contributed by atoms with Crippen LogP contribution in [0, 0.1) is 6.92 Å². The van der Waals surface area contributed by atoms with Crippen molar-refractivity contribution in [2.45, 2.75) is 6.92 Å². The summed E-state index contributed by atoms with van der Waals surface area (Å²) < 4.78 is 0. The highest BCUT2D eigenvalue weighted by Crippen LogP contribution is 2.27. The molecule has 0 aliphatic heterocycles. The molecule has 2 aromatic heterocycles. The number of aryl methyl sites for hydroxylation is 1. The van der Waals surface area contributed by atoms with Crippen LogP contribution >= 0.6 is 11.3 Å². The molecule has 84 valence electrons. The summed E-state index contributed by atoms with van der Waals surface area (Å²) in [6.07, 6.45) is 0. The van der Waals surface area contributed by atoms with Crippen molar-refractivity contribution >= 4 is 28.1 Å². The Bertz CT molecular complexity index is 688. The summed E-state index contributed by atoms with van der Waals surface area (Å²) in [5.41, 5.74) is 9.10. The highest BCUT2D eigenvalue weighted by atomic mass is 32.1. The number of thiophene rings is 1. The van der Waals surface area contributed by atoms with Gasteiger partial charge in [0.1, 0.15) is 5.82 Å². The maximum absolute atomic E-state index is 5.97. The molecule has 3 aromatic rings. The average molecular weight is 241 g/mol. The minimum absolute atomic E-state index is 0.538. The van der Waals surface area contributed by atoms with Gasteiger partial charge in [0.2, 0.25) is 0 Å². The molecule has 0 spiro atoms. The number of aromatic nitrogens is 2. The van der Waals surface area contributed by atoms with Crippen molar-refractivity contribution in [2.24, 2.45) is 0 Å². The molecule has 0 fully saturated rings. The van der Waals surface area contributed by atoms with E-state index < -0.39 is 0 Å². The first-order valence-corrected chi connectivity index (χ1v) is 6.25. The zero-order valence-electron chi connectivity index (χ0n) is 9.34. The highest BCUT2D eigenvalue weighted by molar-refractivity contribution is 7.08. The van der Waals surface area contributed by atoms with Crippen molar-refractivity contribution in [3.8, 4) is 11.4 Å². The number of hydrogen-bond donors (Lipinski definition) is 1. The fraction of sp³-hybridized carbons (Fsp3) is 0.0769. The fourth-order valence-electron chi connectivity index (χ4n) is 1.81. The predicted octanol–water partition coefficient (Wildman–Crippen LogP) is 3.25. The third-order valence-corrected chi connectivity index (χ3v) is 3.59. The van der Waals surface area contributed by atoms with Crippen LogP contribution in [-0.2, 0) is 0 Å². The first-order valence-electron chi connectivity index (χ1n) is 5.31. The van der Waals surface area contributed by atoms with Gasteiger partial charge >= 0.3 is 0 Å². The molecule has 2 N–H and O–H groups in total. The van der Waals surface area contributed by atoms with Gasteiger partial charge in [-0.1, -0.05) is 12.1 Å². The molecule has 0 aliphatic rings. The van der Waals surface area contributed by atoms with Crippen molar-refractivity contribution in [3.05, 3.63) is 40.6 Å². The Labute approximate surface area is 103 Å². The number of fused-ring (bicyclic) bond motifs is 1. The summed E-state index contributed by atoms with van der Waals surface area (Å²) in [7, 11) is 0. The first kappa shape index (κ1) is 10.2. The van der Waals surface area contributed by atoms with Crippen molar-refractivity contribution in [1.82, 2.24) is 9.97 Å². The minimum atomic E-state index is 0.538. The first-order chi connectivity index (χ1) is 8.25. The van der Waals surface area contributed by atoms with Crippen LogP contribution < -0.4 is 5.73 Å². The molecule has 3 nitrogen and oxygen atoms in total. The lowest BCUT2D eigenvalue weighted by Crippen LogP contribution is -1.97. The SMILES string of the molecule is Cc1cscc1-c1nc(N)c2ccccc2n1. The number of para-hydroxylation sites is 1. The molecule has 2 heterocycles. The summed E-state index contributed by atoms with van der Waals surface area (Å²) in [6, 6.07) is 7.80. The van der Waals surface area contributed by atoms with Gasteiger partial charge in [-0.3, -0.25) is 0 Å². The van der Waals surface area contributed by atoms with E-state index >= 15 is 0 Å². The topological polar surface area (TPSA) is 51.8 Å². The summed E-state index contributed by atoms with van der Waals surface area (Å²) in [6.45, 7) is 2.06. The van der Waals surface area contributed by atoms with Gasteiger partial charge in [0, 0.05) is 16.3 Å². The maximum Gasteiger partial charge on any atom is 0.163 e. The maximum atomic E-state index is 5.97. The second kappa shape index (κ2) is 3.82. The van der Waals surface area contributed by atoms with E-state index in [1.54, 1.807) is 11.3 Å². The Kier molecular flexibility index (Phi) is 2.30. The number of nitrogens with two attached hydrogens (primary N) is 1. The Morgan fingerprint density at radius 2 is 1.94 bits per heavy atom. The second-order valence-corrected chi connectivity index (χ2v) is 4.66. The summed E-state index contributed by atoms with van der Waals surface area (Å²) >= 11 is 1.65. The number of rotatable bonds is 1. The Morgan fingerprint density at radius 3 is 2.71 bits per heavy atom. The number of benzene rings is 1. The van der Waals surface area contributed by atoms with Crippen LogP contribution in [0.25, 0.3) is 22.3 Å². The van der Waals surface area contributed by atoms with Gasteiger partial charge in [0.05, 0.1) is 5.52 Å². The van der Waals surface area contributed by atoms with Crippen LogP contribution in [0.15, 0.2) is 35.0 Å². The van der Waals surface area contributed by atoms with Crippen LogP contribution in [0.4, 0.5) is 5.82 Å². The summed E-state index contributed by atoms with van der Waals surface area (Å²) in [4.78, 5) is 8.93. The largest absolute Gasteiger partial charge is 0.383 e. The van der Waals surface area contributed by atoms with Crippen LogP contribution in [0.5, 0.6) is 0 Å². The Hall–Kier alpha value is -1.94. The van der Waals surface area contributed by atoms with Gasteiger partial charge in [0.15, 0.2) is 5.82 Å². The van der Waals surface area contributed by atoms with E-state index in [1.807, 2.05) is 24.3 Å². The van der Waals surface area contributed by atoms with E-state index in [0.29, 0.717) is 11.6 Å². The molecule has 3 rings (SSSR count). The molecule has 0 amide bonds. The molecule has 0 saturated heterocycles. The van der Waals surface area contributed by atoms with E-state index in [1.165, 1.54) is 5.56 Å². The van der Waals surface area contributed by atoms with E-state index in [0.717, 1.165) is 16.5 Å². The van der Waals surface area contributed by atoms with E-state index in [-0.39, 0.29) is 0 Å². The molecule has 17 heavy (non-hydrogen) atoms. The lowest BCUT2D eigenvalue weighted by molar-refractivity contribution is 1.23. The van der Waals surface area contributed by atoms with E-state index in [4.69, 9.17) is 5.73 Å². The van der Waals surface area contributed by atoms with E-state index in [2.05, 4.69) is 27.7 Å². The Morgan fingerprint density at radius 1 is 1.12 bits per heavy atom. The van der Waals surface area contributed by atoms with Crippen molar-refractivity contribution < 1.29 is 0 Å². The molecule has 0 saturated carbocycles. The van der Waals surface area contributed by atoms with Gasteiger partial charge in [-0.25, -0.2) is 9.97 Å². The monoisotopic (exact) mass is 241 g/mol. The quantitative estimate of drug-likeness (QED) is 0.711. The average Bonchev–Trinajstić information content (AvgIpc) is 2.75. The second-order valence-electron chi connectivity index (χ2n) is 3.92. The molecule has 0 atom stereocenters. The molecular formula is C13H11N3S. The zero-order valence-corrected chi connectivity index (χ0v) is 10.2. The number of nitrogen functional groups attached to an aromatic ring is 1. The fourth-order valence-corrected chi connectivity index (χ4v) is 2.64. The molecule has 0 radical (unpaired) electrons. The van der Waals surface area contributed by atoms with E-state index in [9.17, 15) is 0 Å². The normalized spacial score (nSPS) is 10.9. The molecule has 1 aromatic carbocycles. The van der Waals surface area contributed by atoms with Crippen molar-refractivity contribution in [3.63, 3.8) is 0 Å². The van der Waals surface area contributed by atoms with Crippen LogP contribution in [0.3, 0.4) is 0 Å². The standard InChI is InChI=1S/C13H11N3S/c1-8-6-17-7-10(8)13-15-11-5-3-2-4-9(11)12(14)16-13/h2-7H,1H3,(H2,14,15,16). The van der Waals surface area contributed by atoms with Crippen LogP contribution in [-0.4, -0.2) is 9.97 Å². The summed E-state index contributed by atoms with van der Waals surface area (Å²) in [5, 5.41) is 5.05. The smallest absolute Gasteiger partial charge is 0.163 e. The number of nitrogens with zero attached hydrogens (tertiary/aromatic N) is 2. The molecular weight excluding hydrogens is 230 g/mol. The number of anilines is 1. The third-order valence-electron chi connectivity index (χ3n) is 2.73. The summed E-state index contributed by atoms with van der Waals surface area (Å²) in [5.74, 6) is 1.25. The van der Waals surface area contributed by atoms with Gasteiger partial charge < -0.3 is 5.73 Å². The van der Waals surface area contributed by atoms with Crippen LogP contribution in [0.1, 0.15) is 5.56 Å². The Balaban J connectivity index is 2.29. The molecule has 4 heteroatoms. The molecule has 0 bridgehead atoms. The van der Waals surface area contributed by atoms with Crippen molar-refractivity contribution in [1.29, 1.82) is 0 Å². The third kappa shape index (κ3) is 1.66. The lowest BCUT2D eigenvalue weighted by Gasteiger charge is -2.04. The minimum Gasteiger partial charge on any atom is -0.383 e. The number of hydrogen-bond acceptors (Lipinski definition) is 4. The van der Waals surface area contributed by atoms with Gasteiger partial charge in [0.25, 0.3) is 0 Å². The predicted molar refractivity (Wildman–Crippen MR) is 72.0 cm³/mol. The van der Waals surface area contributed by atoms with Crippen molar-refractivity contribution in [2.75, 3.05) is 5.73 Å². The zero-order chi connectivity index (χ0) is 11.8. The van der Waals surface area contributed by atoms with Gasteiger partial charge in [-0.2, -0.15) is 11.3 Å². The van der Waals surface area contributed by atoms with Crippen LogP contribution in [0.2, 0.25) is 0 Å². The molecule has 0 aliphatic carbocycles. The van der Waals surface area contributed by atoms with Gasteiger partial charge in [-0.15, -0.1) is 0 Å². The molecule has 0 unspecified atom stereocenters. The highest BCUT2D eigenvalue weighted by Gasteiger charge is 2.09.